The molecule has 1 saturated heterocycles. The molecule has 1 atom stereocenters. The standard InChI is InChI=1S/C7H12N2/c1-2-4-6(3-1)9-7-5-8-7/h7-8H,1-5H2. The molecule has 0 amide bonds. The third-order valence-electron chi connectivity index (χ3n) is 1.91. The Bertz CT molecular complexity index is 128. The fraction of sp³-hybridized carbons (Fsp3) is 0.857. The largest absolute Gasteiger partial charge is 0.291 e. The average Bonchev–Trinajstić information content (AvgIpc) is 2.46. The van der Waals surface area contributed by atoms with E-state index in [1.807, 2.05) is 0 Å². The van der Waals surface area contributed by atoms with Crippen LogP contribution in [0.3, 0.4) is 0 Å². The van der Waals surface area contributed by atoms with Crippen molar-refractivity contribution in [3.05, 3.63) is 0 Å². The summed E-state index contributed by atoms with van der Waals surface area (Å²) in [5.41, 5.74) is 1.45. The van der Waals surface area contributed by atoms with Gasteiger partial charge in [0.05, 0.1) is 0 Å². The van der Waals surface area contributed by atoms with Gasteiger partial charge in [-0.2, -0.15) is 0 Å². The Balaban J connectivity index is 1.93. The Morgan fingerprint density at radius 3 is 2.56 bits per heavy atom. The molecule has 50 valence electrons. The third kappa shape index (κ3) is 1.30. The van der Waals surface area contributed by atoms with Gasteiger partial charge in [0, 0.05) is 12.3 Å². The lowest BCUT2D eigenvalue weighted by molar-refractivity contribution is 0.886. The molecule has 1 aliphatic heterocycles. The number of nitrogens with zero attached hydrogens (tertiary/aromatic N) is 1. The fourth-order valence-corrected chi connectivity index (χ4v) is 1.28. The molecule has 1 aliphatic carbocycles. The number of aliphatic imine (C=N–C) groups is 1. The van der Waals surface area contributed by atoms with Crippen molar-refractivity contribution in [3.8, 4) is 0 Å². The molecule has 0 bridgehead atoms. The summed E-state index contributed by atoms with van der Waals surface area (Å²) < 4.78 is 0. The first-order chi connectivity index (χ1) is 4.45. The predicted octanol–water partition coefficient (Wildman–Crippen LogP) is 0.931. The Hall–Kier alpha value is -0.370. The van der Waals surface area contributed by atoms with Crippen LogP contribution in [0.25, 0.3) is 0 Å². The molecule has 0 aromatic carbocycles. The normalized spacial score (nSPS) is 32.9. The van der Waals surface area contributed by atoms with E-state index in [1.165, 1.54) is 31.4 Å². The maximum atomic E-state index is 4.49. The lowest BCUT2D eigenvalue weighted by atomic mass is 10.3. The molecule has 2 rings (SSSR count). The monoisotopic (exact) mass is 124 g/mol. The number of nitrogens with one attached hydrogen (secondary N) is 1. The van der Waals surface area contributed by atoms with Crippen LogP contribution in [0.15, 0.2) is 4.99 Å². The second kappa shape index (κ2) is 2.10. The van der Waals surface area contributed by atoms with E-state index in [-0.39, 0.29) is 0 Å². The first-order valence-electron chi connectivity index (χ1n) is 3.74. The molecule has 2 aliphatic rings. The summed E-state index contributed by atoms with van der Waals surface area (Å²) >= 11 is 0. The van der Waals surface area contributed by atoms with Crippen molar-refractivity contribution < 1.29 is 0 Å². The van der Waals surface area contributed by atoms with Crippen molar-refractivity contribution in [1.82, 2.24) is 5.32 Å². The molecule has 9 heavy (non-hydrogen) atoms. The van der Waals surface area contributed by atoms with Gasteiger partial charge in [0.25, 0.3) is 0 Å². The topological polar surface area (TPSA) is 34.3 Å². The lowest BCUT2D eigenvalue weighted by Gasteiger charge is -1.89. The van der Waals surface area contributed by atoms with Crippen LogP contribution in [0.2, 0.25) is 0 Å². The van der Waals surface area contributed by atoms with Crippen LogP contribution in [0.5, 0.6) is 0 Å². The van der Waals surface area contributed by atoms with Gasteiger partial charge < -0.3 is 0 Å². The third-order valence-corrected chi connectivity index (χ3v) is 1.91. The number of hydrogen-bond acceptors (Lipinski definition) is 2. The van der Waals surface area contributed by atoms with Gasteiger partial charge in [-0.3, -0.25) is 10.3 Å². The van der Waals surface area contributed by atoms with Crippen LogP contribution in [-0.2, 0) is 0 Å². The van der Waals surface area contributed by atoms with Gasteiger partial charge in [-0.1, -0.05) is 0 Å². The van der Waals surface area contributed by atoms with Crippen molar-refractivity contribution >= 4 is 5.71 Å². The molecule has 2 heteroatoms. The molecule has 0 spiro atoms. The van der Waals surface area contributed by atoms with Crippen LogP contribution in [0.1, 0.15) is 25.7 Å². The molecule has 1 heterocycles. The Morgan fingerprint density at radius 2 is 2.00 bits per heavy atom. The van der Waals surface area contributed by atoms with E-state index in [9.17, 15) is 0 Å². The minimum Gasteiger partial charge on any atom is -0.291 e. The van der Waals surface area contributed by atoms with E-state index in [0.29, 0.717) is 6.17 Å². The highest BCUT2D eigenvalue weighted by atomic mass is 15.2. The summed E-state index contributed by atoms with van der Waals surface area (Å²) in [7, 11) is 0. The molecular formula is C7H12N2. The molecule has 1 unspecified atom stereocenters. The van der Waals surface area contributed by atoms with E-state index >= 15 is 0 Å². The van der Waals surface area contributed by atoms with Crippen LogP contribution < -0.4 is 5.32 Å². The lowest BCUT2D eigenvalue weighted by Crippen LogP contribution is -1.93. The smallest absolute Gasteiger partial charge is 0.112 e. The zero-order valence-electron chi connectivity index (χ0n) is 5.56. The molecular weight excluding hydrogens is 112 g/mol. The van der Waals surface area contributed by atoms with E-state index in [0.717, 1.165) is 6.54 Å². The second-order valence-electron chi connectivity index (χ2n) is 2.83. The minimum atomic E-state index is 0.512. The summed E-state index contributed by atoms with van der Waals surface area (Å²) in [5, 5.41) is 3.17. The summed E-state index contributed by atoms with van der Waals surface area (Å²) in [6.45, 7) is 1.11. The highest BCUT2D eigenvalue weighted by Gasteiger charge is 2.20. The summed E-state index contributed by atoms with van der Waals surface area (Å²) in [5.74, 6) is 0. The first-order valence-corrected chi connectivity index (χ1v) is 3.74. The van der Waals surface area contributed by atoms with E-state index in [2.05, 4.69) is 10.3 Å². The molecule has 2 fully saturated rings. The van der Waals surface area contributed by atoms with Gasteiger partial charge in [0.1, 0.15) is 6.17 Å². The predicted molar refractivity (Wildman–Crippen MR) is 37.7 cm³/mol. The maximum Gasteiger partial charge on any atom is 0.112 e. The van der Waals surface area contributed by atoms with Gasteiger partial charge >= 0.3 is 0 Å². The molecule has 0 radical (unpaired) electrons. The summed E-state index contributed by atoms with van der Waals surface area (Å²) in [6.07, 6.45) is 5.77. The molecule has 1 saturated carbocycles. The average molecular weight is 124 g/mol. The maximum absolute atomic E-state index is 4.49. The van der Waals surface area contributed by atoms with E-state index < -0.39 is 0 Å². The van der Waals surface area contributed by atoms with Crippen molar-refractivity contribution in [2.75, 3.05) is 6.54 Å². The van der Waals surface area contributed by atoms with Gasteiger partial charge in [0.2, 0.25) is 0 Å². The van der Waals surface area contributed by atoms with Crippen LogP contribution >= 0.6 is 0 Å². The van der Waals surface area contributed by atoms with Gasteiger partial charge in [-0.15, -0.1) is 0 Å². The molecule has 1 N–H and O–H groups in total. The van der Waals surface area contributed by atoms with Gasteiger partial charge in [-0.25, -0.2) is 0 Å². The highest BCUT2D eigenvalue weighted by molar-refractivity contribution is 5.86. The van der Waals surface area contributed by atoms with Crippen molar-refractivity contribution in [2.45, 2.75) is 31.8 Å². The highest BCUT2D eigenvalue weighted by Crippen LogP contribution is 2.16. The Kier molecular flexibility index (Phi) is 1.27. The van der Waals surface area contributed by atoms with E-state index in [1.54, 1.807) is 0 Å². The molecule has 0 aromatic heterocycles. The Labute approximate surface area is 55.4 Å². The Morgan fingerprint density at radius 1 is 1.33 bits per heavy atom. The number of hydrogen-bond donors (Lipinski definition) is 1. The van der Waals surface area contributed by atoms with Crippen LogP contribution in [0.4, 0.5) is 0 Å². The van der Waals surface area contributed by atoms with Crippen molar-refractivity contribution in [1.29, 1.82) is 0 Å². The zero-order valence-corrected chi connectivity index (χ0v) is 5.56. The van der Waals surface area contributed by atoms with Crippen molar-refractivity contribution in [3.63, 3.8) is 0 Å². The van der Waals surface area contributed by atoms with Gasteiger partial charge in [-0.05, 0) is 25.7 Å². The van der Waals surface area contributed by atoms with Crippen molar-refractivity contribution in [2.24, 2.45) is 4.99 Å². The summed E-state index contributed by atoms with van der Waals surface area (Å²) in [6, 6.07) is 0. The van der Waals surface area contributed by atoms with Gasteiger partial charge in [0.15, 0.2) is 0 Å². The molecule has 0 aromatic rings. The second-order valence-corrected chi connectivity index (χ2v) is 2.83. The zero-order chi connectivity index (χ0) is 6.10. The minimum absolute atomic E-state index is 0.512. The SMILES string of the molecule is C1CCC(=NC2CN2)C1. The van der Waals surface area contributed by atoms with Crippen LogP contribution in [-0.4, -0.2) is 18.4 Å². The molecule has 2 nitrogen and oxygen atoms in total. The first kappa shape index (κ1) is 5.42. The van der Waals surface area contributed by atoms with Crippen LogP contribution in [0, 0.1) is 0 Å². The fourth-order valence-electron chi connectivity index (χ4n) is 1.28. The quantitative estimate of drug-likeness (QED) is 0.518. The van der Waals surface area contributed by atoms with E-state index in [4.69, 9.17) is 0 Å². The number of rotatable bonds is 1. The summed E-state index contributed by atoms with van der Waals surface area (Å²) in [4.78, 5) is 4.49.